The van der Waals surface area contributed by atoms with E-state index < -0.39 is 0 Å². The Morgan fingerprint density at radius 3 is 1.29 bits per heavy atom. The molecular weight excluding hydrogens is 542 g/mol. The van der Waals surface area contributed by atoms with Crippen LogP contribution in [0.25, 0.3) is 71.3 Å². The van der Waals surface area contributed by atoms with E-state index in [1.54, 1.807) is 0 Å². The summed E-state index contributed by atoms with van der Waals surface area (Å²) in [4.78, 5) is 0. The molecule has 1 heteroatoms. The molecule has 0 fully saturated rings. The Bertz CT molecular complexity index is 2420. The minimum atomic E-state index is -0.143. The number of para-hydroxylation sites is 1. The smallest absolute Gasteiger partial charge is 0.0582 e. The molecule has 2 aliphatic heterocycles. The molecule has 7 aromatic carbocycles. The van der Waals surface area contributed by atoms with Crippen LogP contribution in [0.5, 0.6) is 0 Å². The third-order valence-corrected chi connectivity index (χ3v) is 11.1. The molecule has 0 saturated heterocycles. The van der Waals surface area contributed by atoms with Gasteiger partial charge in [0.2, 0.25) is 0 Å². The summed E-state index contributed by atoms with van der Waals surface area (Å²) in [5.41, 5.74) is 14.6. The van der Waals surface area contributed by atoms with Crippen molar-refractivity contribution in [1.82, 2.24) is 4.57 Å². The highest BCUT2D eigenvalue weighted by molar-refractivity contribution is 6.16. The maximum Gasteiger partial charge on any atom is 0.0582 e. The van der Waals surface area contributed by atoms with Crippen molar-refractivity contribution in [3.63, 3.8) is 0 Å². The van der Waals surface area contributed by atoms with Crippen molar-refractivity contribution >= 4 is 43.4 Å². The van der Waals surface area contributed by atoms with Crippen molar-refractivity contribution in [3.8, 4) is 27.9 Å². The summed E-state index contributed by atoms with van der Waals surface area (Å²) in [5, 5.41) is 7.81. The van der Waals surface area contributed by atoms with Gasteiger partial charge in [0.1, 0.15) is 0 Å². The van der Waals surface area contributed by atoms with E-state index in [9.17, 15) is 0 Å². The van der Waals surface area contributed by atoms with Gasteiger partial charge in [-0.1, -0.05) is 119 Å². The number of fused-ring (bicyclic) bond motifs is 3. The van der Waals surface area contributed by atoms with E-state index in [0.29, 0.717) is 0 Å². The Balaban J connectivity index is 1.36. The number of rotatable bonds is 2. The Morgan fingerprint density at radius 1 is 0.378 bits per heavy atom. The van der Waals surface area contributed by atoms with Gasteiger partial charge in [-0.2, -0.15) is 0 Å². The lowest BCUT2D eigenvalue weighted by Gasteiger charge is -2.42. The molecule has 0 amide bonds. The highest BCUT2D eigenvalue weighted by Crippen LogP contribution is 2.56. The molecule has 0 bridgehead atoms. The van der Waals surface area contributed by atoms with Crippen LogP contribution in [-0.4, -0.2) is 4.57 Å². The largest absolute Gasteiger partial charge is 0.308 e. The van der Waals surface area contributed by atoms with Gasteiger partial charge in [-0.25, -0.2) is 0 Å². The van der Waals surface area contributed by atoms with Gasteiger partial charge in [-0.3, -0.25) is 0 Å². The number of nitrogens with zero attached hydrogens (tertiary/aromatic N) is 1. The zero-order valence-corrected chi connectivity index (χ0v) is 26.1. The lowest BCUT2D eigenvalue weighted by atomic mass is 9.68. The highest BCUT2D eigenvalue weighted by atomic mass is 15.0. The third kappa shape index (κ3) is 3.18. The van der Waals surface area contributed by atoms with Crippen LogP contribution in [0, 0.1) is 0 Å². The quantitative estimate of drug-likeness (QED) is 0.193. The monoisotopic (exact) mass is 575 g/mol. The van der Waals surface area contributed by atoms with Gasteiger partial charge in [0.15, 0.2) is 0 Å². The minimum absolute atomic E-state index is 0.143. The van der Waals surface area contributed by atoms with Crippen molar-refractivity contribution in [1.29, 1.82) is 0 Å². The molecule has 45 heavy (non-hydrogen) atoms. The van der Waals surface area contributed by atoms with E-state index in [2.05, 4.69) is 160 Å². The van der Waals surface area contributed by atoms with E-state index >= 15 is 0 Å². The van der Waals surface area contributed by atoms with Crippen molar-refractivity contribution in [3.05, 3.63) is 150 Å². The fraction of sp³-hybridized carbons (Fsp3) is 0.136. The Hall–Kier alpha value is -5.14. The minimum Gasteiger partial charge on any atom is -0.308 e. The topological polar surface area (TPSA) is 4.93 Å². The van der Waals surface area contributed by atoms with Crippen LogP contribution < -0.4 is 0 Å². The second-order valence-corrected chi connectivity index (χ2v) is 14.3. The SMILES string of the molecule is CC1(C)c2cccc3c2-n2c4c1cc(-c1ccc5ccccc5c1)cc4c1cc(-c4ccc5ccccc5c4)cc(c12)C3(C)C. The van der Waals surface area contributed by atoms with E-state index in [0.717, 1.165) is 0 Å². The summed E-state index contributed by atoms with van der Waals surface area (Å²) in [6.07, 6.45) is 0. The van der Waals surface area contributed by atoms with Crippen LogP contribution in [0.3, 0.4) is 0 Å². The molecule has 0 saturated carbocycles. The van der Waals surface area contributed by atoms with Gasteiger partial charge >= 0.3 is 0 Å². The van der Waals surface area contributed by atoms with Gasteiger partial charge in [-0.15, -0.1) is 0 Å². The molecule has 0 aliphatic carbocycles. The number of hydrogen-bond donors (Lipinski definition) is 0. The molecule has 8 aromatic rings. The summed E-state index contributed by atoms with van der Waals surface area (Å²) in [6, 6.07) is 48.1. The first-order valence-corrected chi connectivity index (χ1v) is 16.1. The fourth-order valence-electron chi connectivity index (χ4n) is 8.60. The average Bonchev–Trinajstić information content (AvgIpc) is 3.40. The van der Waals surface area contributed by atoms with E-state index in [4.69, 9.17) is 0 Å². The first-order chi connectivity index (χ1) is 21.8. The molecule has 214 valence electrons. The summed E-state index contributed by atoms with van der Waals surface area (Å²) in [6.45, 7) is 9.69. The maximum atomic E-state index is 2.63. The molecule has 10 rings (SSSR count). The van der Waals surface area contributed by atoms with Crippen LogP contribution in [0.1, 0.15) is 49.9 Å². The van der Waals surface area contributed by atoms with Crippen molar-refractivity contribution in [2.75, 3.05) is 0 Å². The maximum absolute atomic E-state index is 2.63. The molecule has 0 atom stereocenters. The standard InChI is InChI=1S/C44H33N/c1-43(2)36-14-9-15-37-42(36)45-40-34(22-32(24-38(40)43)30-18-16-26-10-5-7-12-28(26)20-30)35-23-33(25-39(41(35)45)44(37,3)4)31-19-17-27-11-6-8-13-29(27)21-31/h5-25H,1-4H3. The Labute approximate surface area is 263 Å². The number of aromatic nitrogens is 1. The molecule has 0 radical (unpaired) electrons. The number of benzene rings is 7. The lowest BCUT2D eigenvalue weighted by molar-refractivity contribution is 0.594. The van der Waals surface area contributed by atoms with Crippen LogP contribution >= 0.6 is 0 Å². The van der Waals surface area contributed by atoms with Gasteiger partial charge in [0.25, 0.3) is 0 Å². The summed E-state index contributed by atoms with van der Waals surface area (Å²) < 4.78 is 2.63. The molecule has 0 unspecified atom stereocenters. The third-order valence-electron chi connectivity index (χ3n) is 11.1. The van der Waals surface area contributed by atoms with Gasteiger partial charge < -0.3 is 4.57 Å². The second-order valence-electron chi connectivity index (χ2n) is 14.3. The molecule has 2 aliphatic rings. The summed E-state index contributed by atoms with van der Waals surface area (Å²) >= 11 is 0. The van der Waals surface area contributed by atoms with Crippen LogP contribution in [0.2, 0.25) is 0 Å². The zero-order valence-electron chi connectivity index (χ0n) is 26.1. The molecule has 1 aromatic heterocycles. The van der Waals surface area contributed by atoms with E-state index in [1.807, 2.05) is 0 Å². The average molecular weight is 576 g/mol. The summed E-state index contributed by atoms with van der Waals surface area (Å²) in [7, 11) is 0. The number of hydrogen-bond acceptors (Lipinski definition) is 0. The normalized spacial score (nSPS) is 15.5. The summed E-state index contributed by atoms with van der Waals surface area (Å²) in [5.74, 6) is 0. The van der Waals surface area contributed by atoms with Crippen molar-refractivity contribution in [2.45, 2.75) is 38.5 Å². The first-order valence-electron chi connectivity index (χ1n) is 16.1. The predicted molar refractivity (Wildman–Crippen MR) is 191 cm³/mol. The highest BCUT2D eigenvalue weighted by Gasteiger charge is 2.43. The van der Waals surface area contributed by atoms with E-state index in [1.165, 1.54) is 93.5 Å². The molecule has 3 heterocycles. The Kier molecular flexibility index (Phi) is 4.66. The molecule has 0 spiro atoms. The van der Waals surface area contributed by atoms with Crippen molar-refractivity contribution in [2.24, 2.45) is 0 Å². The fourth-order valence-corrected chi connectivity index (χ4v) is 8.60. The molecule has 1 nitrogen and oxygen atoms in total. The Morgan fingerprint density at radius 2 is 0.822 bits per heavy atom. The predicted octanol–water partition coefficient (Wildman–Crippen LogP) is 11.7. The lowest BCUT2D eigenvalue weighted by Crippen LogP contribution is -2.33. The van der Waals surface area contributed by atoms with Gasteiger partial charge in [0.05, 0.1) is 16.7 Å². The van der Waals surface area contributed by atoms with Crippen molar-refractivity contribution < 1.29 is 0 Å². The molecule has 0 N–H and O–H groups in total. The molecular formula is C44H33N. The van der Waals surface area contributed by atoms with Crippen LogP contribution in [-0.2, 0) is 10.8 Å². The van der Waals surface area contributed by atoms with Gasteiger partial charge in [-0.05, 0) is 102 Å². The second kappa shape index (κ2) is 8.31. The van der Waals surface area contributed by atoms with Crippen LogP contribution in [0.15, 0.2) is 127 Å². The van der Waals surface area contributed by atoms with Crippen LogP contribution in [0.4, 0.5) is 0 Å². The first kappa shape index (κ1) is 25.2. The van der Waals surface area contributed by atoms with E-state index in [-0.39, 0.29) is 10.8 Å². The van der Waals surface area contributed by atoms with Gasteiger partial charge in [0, 0.05) is 21.6 Å². The zero-order chi connectivity index (χ0) is 30.2.